The van der Waals surface area contributed by atoms with E-state index in [2.05, 4.69) is 25.2 Å². The molecule has 2 fully saturated rings. The fourth-order valence-electron chi connectivity index (χ4n) is 7.99. The van der Waals surface area contributed by atoms with Gasteiger partial charge in [-0.3, -0.25) is 19.6 Å². The van der Waals surface area contributed by atoms with Crippen LogP contribution in [0.3, 0.4) is 0 Å². The monoisotopic (exact) mass is 799 g/mol. The van der Waals surface area contributed by atoms with Crippen LogP contribution in [0.1, 0.15) is 54.3 Å². The summed E-state index contributed by atoms with van der Waals surface area (Å²) in [7, 11) is 0. The Balaban J connectivity index is 1.09. The van der Waals surface area contributed by atoms with Gasteiger partial charge in [0.25, 0.3) is 6.43 Å². The summed E-state index contributed by atoms with van der Waals surface area (Å²) in [6, 6.07) is 16.0. The van der Waals surface area contributed by atoms with Gasteiger partial charge in [0.15, 0.2) is 17.2 Å². The summed E-state index contributed by atoms with van der Waals surface area (Å²) in [4.78, 5) is 33.1. The van der Waals surface area contributed by atoms with Gasteiger partial charge >= 0.3 is 12.6 Å². The molecule has 0 aliphatic carbocycles. The van der Waals surface area contributed by atoms with Gasteiger partial charge in [0, 0.05) is 61.8 Å². The number of carbonyl (C=O) groups is 1. The summed E-state index contributed by atoms with van der Waals surface area (Å²) in [5, 5.41) is 23.1. The number of halogens is 4. The summed E-state index contributed by atoms with van der Waals surface area (Å²) in [6.45, 7) is 5.23. The molecule has 2 aliphatic heterocycles. The van der Waals surface area contributed by atoms with Gasteiger partial charge < -0.3 is 24.7 Å². The molecule has 0 saturated carbocycles. The van der Waals surface area contributed by atoms with E-state index >= 15 is 0 Å². The molecule has 0 radical (unpaired) electrons. The molecule has 0 amide bonds. The maximum absolute atomic E-state index is 14.1. The number of hydrogen-bond acceptors (Lipinski definition) is 11. The number of carboxylic acids is 1. The highest BCUT2D eigenvalue weighted by Crippen LogP contribution is 2.39. The number of aromatic nitrogens is 4. The number of likely N-dealkylation sites (tertiary alicyclic amines) is 2. The number of alkyl halides is 4. The molecule has 3 aromatic heterocycles. The quantitative estimate of drug-likeness (QED) is 0.102. The van der Waals surface area contributed by atoms with Crippen molar-refractivity contribution in [3.63, 3.8) is 0 Å². The van der Waals surface area contributed by atoms with E-state index in [-0.39, 0.29) is 35.1 Å². The van der Waals surface area contributed by atoms with Crippen LogP contribution in [0.25, 0.3) is 44.7 Å². The van der Waals surface area contributed by atoms with Gasteiger partial charge in [-0.1, -0.05) is 24.3 Å². The van der Waals surface area contributed by atoms with Crippen LogP contribution in [0.2, 0.25) is 0 Å². The zero-order valence-electron chi connectivity index (χ0n) is 32.0. The van der Waals surface area contributed by atoms with Crippen molar-refractivity contribution in [2.24, 2.45) is 5.92 Å². The summed E-state index contributed by atoms with van der Waals surface area (Å²) in [5.74, 6) is -1.72. The van der Waals surface area contributed by atoms with Crippen LogP contribution in [0.15, 0.2) is 65.2 Å². The highest BCUT2D eigenvalue weighted by atomic mass is 19.3. The van der Waals surface area contributed by atoms with E-state index in [1.807, 2.05) is 55.1 Å². The first-order chi connectivity index (χ1) is 27.7. The van der Waals surface area contributed by atoms with Crippen molar-refractivity contribution in [2.75, 3.05) is 31.5 Å². The molecule has 8 rings (SSSR count). The molecule has 0 bridgehead atoms. The van der Waals surface area contributed by atoms with Gasteiger partial charge in [-0.15, -0.1) is 0 Å². The number of nitrogens with zero attached hydrogens (tertiary/aromatic N) is 6. The van der Waals surface area contributed by atoms with E-state index in [4.69, 9.17) is 14.1 Å². The topological polar surface area (TPSA) is 150 Å². The molecule has 2 atom stereocenters. The lowest BCUT2D eigenvalue weighted by molar-refractivity contribution is -0.141. The minimum absolute atomic E-state index is 0.0700. The van der Waals surface area contributed by atoms with Crippen LogP contribution in [-0.4, -0.2) is 84.3 Å². The maximum Gasteiger partial charge on any atom is 0.387 e. The Morgan fingerprint density at radius 3 is 2.43 bits per heavy atom. The Labute approximate surface area is 330 Å². The van der Waals surface area contributed by atoms with E-state index in [9.17, 15) is 32.6 Å². The molecule has 12 nitrogen and oxygen atoms in total. The number of aliphatic carboxylic acids is 1. The molecule has 5 heterocycles. The minimum Gasteiger partial charge on any atom is -0.481 e. The lowest BCUT2D eigenvalue weighted by Crippen LogP contribution is -2.29. The fraction of sp³-hybridized carbons (Fsp3) is 0.357. The Hall–Kier alpha value is -5.71. The van der Waals surface area contributed by atoms with Gasteiger partial charge in [0.05, 0.1) is 17.0 Å². The second-order valence-electron chi connectivity index (χ2n) is 15.4. The van der Waals surface area contributed by atoms with Crippen molar-refractivity contribution in [2.45, 2.75) is 65.3 Å². The number of benzene rings is 3. The van der Waals surface area contributed by atoms with Crippen molar-refractivity contribution in [1.82, 2.24) is 29.7 Å². The number of fused-ring (bicyclic) bond motifs is 2. The predicted molar refractivity (Wildman–Crippen MR) is 208 cm³/mol. The number of ether oxygens (including phenoxy) is 1. The number of pyridine rings is 1. The predicted octanol–water partition coefficient (Wildman–Crippen LogP) is 8.26. The number of carboxylic acid groups (broad SMARTS) is 1. The molecule has 58 heavy (non-hydrogen) atoms. The van der Waals surface area contributed by atoms with Crippen LogP contribution in [0.5, 0.6) is 5.75 Å². The SMILES string of the molecule is Cc1c(Nc2nc(C(F)F)nc3cc(CN4CC[C@](C)(O)C4)cnc23)cccc1-c1cccc(-c2nc3cc(CN4CCC(C(=O)O)C4)c(OC(F)F)cc3o2)c1C. The van der Waals surface area contributed by atoms with Crippen LogP contribution < -0.4 is 10.1 Å². The van der Waals surface area contributed by atoms with Crippen molar-refractivity contribution >= 4 is 39.6 Å². The Kier molecular flexibility index (Phi) is 10.5. The molecular weight excluding hydrogens is 758 g/mol. The number of oxazole rings is 1. The zero-order chi connectivity index (χ0) is 40.9. The fourth-order valence-corrected chi connectivity index (χ4v) is 7.99. The highest BCUT2D eigenvalue weighted by molar-refractivity contribution is 5.89. The molecule has 6 aromatic rings. The highest BCUT2D eigenvalue weighted by Gasteiger charge is 2.32. The molecular formula is C42H41F4N7O5. The number of anilines is 2. The lowest BCUT2D eigenvalue weighted by Gasteiger charge is -2.19. The van der Waals surface area contributed by atoms with E-state index in [1.54, 1.807) is 25.3 Å². The van der Waals surface area contributed by atoms with Gasteiger partial charge in [-0.25, -0.2) is 23.7 Å². The van der Waals surface area contributed by atoms with Gasteiger partial charge in [0.2, 0.25) is 5.89 Å². The van der Waals surface area contributed by atoms with Gasteiger partial charge in [-0.2, -0.15) is 8.78 Å². The standard InChI is InChI=1S/C42H41F4N7O5/c1-22-27(6-4-8-29(22)39-50-31-15-26(20-52-12-10-25(19-52)40(54)55)33(58-41(45)46)16-34(31)57-39)28-7-5-9-30(23(28)2)48-37-35-32(49-38(51-37)36(43)44)14-24(17-47-35)18-53-13-11-42(3,56)21-53/h4-9,14-17,25,36,41,56H,10-13,18-21H2,1-3H3,(H,54,55)(H,48,49,51)/t25?,42-/m0/s1. The van der Waals surface area contributed by atoms with Crippen LogP contribution >= 0.6 is 0 Å². The molecule has 1 unspecified atom stereocenters. The largest absolute Gasteiger partial charge is 0.481 e. The number of hydrogen-bond donors (Lipinski definition) is 3. The van der Waals surface area contributed by atoms with Crippen molar-refractivity contribution < 1.29 is 41.7 Å². The van der Waals surface area contributed by atoms with Crippen molar-refractivity contribution in [3.8, 4) is 28.3 Å². The van der Waals surface area contributed by atoms with Crippen molar-refractivity contribution in [3.05, 3.63) is 88.9 Å². The first-order valence-corrected chi connectivity index (χ1v) is 18.9. The lowest BCUT2D eigenvalue weighted by atomic mass is 9.93. The smallest absolute Gasteiger partial charge is 0.387 e. The third-order valence-electron chi connectivity index (χ3n) is 11.0. The average molecular weight is 800 g/mol. The zero-order valence-corrected chi connectivity index (χ0v) is 32.0. The summed E-state index contributed by atoms with van der Waals surface area (Å²) in [6.07, 6.45) is -0.140. The Bertz CT molecular complexity index is 2530. The second-order valence-corrected chi connectivity index (χ2v) is 15.4. The van der Waals surface area contributed by atoms with Gasteiger partial charge in [-0.05, 0) is 92.2 Å². The van der Waals surface area contributed by atoms with E-state index < -0.39 is 36.3 Å². The van der Waals surface area contributed by atoms with E-state index in [0.29, 0.717) is 73.4 Å². The Morgan fingerprint density at radius 1 is 0.966 bits per heavy atom. The average Bonchev–Trinajstić information content (AvgIpc) is 3.90. The summed E-state index contributed by atoms with van der Waals surface area (Å²) >= 11 is 0. The van der Waals surface area contributed by atoms with Crippen LogP contribution in [0, 0.1) is 19.8 Å². The van der Waals surface area contributed by atoms with Gasteiger partial charge in [0.1, 0.15) is 16.8 Å². The van der Waals surface area contributed by atoms with E-state index in [1.165, 1.54) is 6.07 Å². The second kappa shape index (κ2) is 15.6. The number of β-amino-alcohol motifs (C(OH)–C–C–N with tert-alkyl or cyclic N) is 1. The molecule has 16 heteroatoms. The molecule has 302 valence electrons. The van der Waals surface area contributed by atoms with Crippen LogP contribution in [0.4, 0.5) is 29.1 Å². The maximum atomic E-state index is 14.1. The minimum atomic E-state index is -3.08. The molecule has 2 saturated heterocycles. The number of rotatable bonds is 12. The number of aliphatic hydroxyl groups is 1. The summed E-state index contributed by atoms with van der Waals surface area (Å²) in [5.41, 5.74) is 6.29. The third-order valence-corrected chi connectivity index (χ3v) is 11.0. The molecule has 2 aliphatic rings. The molecule has 3 N–H and O–H groups in total. The third kappa shape index (κ3) is 8.04. The van der Waals surface area contributed by atoms with Crippen molar-refractivity contribution in [1.29, 1.82) is 0 Å². The number of nitrogens with one attached hydrogen (secondary N) is 1. The molecule has 3 aromatic carbocycles. The van der Waals surface area contributed by atoms with E-state index in [0.717, 1.165) is 27.8 Å². The summed E-state index contributed by atoms with van der Waals surface area (Å²) < 4.78 is 66.2. The normalized spacial score (nSPS) is 19.0. The molecule has 0 spiro atoms. The first-order valence-electron chi connectivity index (χ1n) is 18.9. The van der Waals surface area contributed by atoms with Crippen LogP contribution in [-0.2, 0) is 17.9 Å². The first kappa shape index (κ1) is 39.1. The Morgan fingerprint density at radius 2 is 1.72 bits per heavy atom.